The zero-order chi connectivity index (χ0) is 28.3. The molecule has 0 bridgehead atoms. The van der Waals surface area contributed by atoms with Crippen molar-refractivity contribution >= 4 is 33.5 Å². The lowest BCUT2D eigenvalue weighted by molar-refractivity contribution is 0.0511. The summed E-state index contributed by atoms with van der Waals surface area (Å²) in [6.45, 7) is 2.19. The summed E-state index contributed by atoms with van der Waals surface area (Å²) in [7, 11) is 3.59. The average molecular weight is 542 g/mol. The van der Waals surface area contributed by atoms with E-state index < -0.39 is 0 Å². The summed E-state index contributed by atoms with van der Waals surface area (Å²) in [5.74, 6) is 6.89. The van der Waals surface area contributed by atoms with Gasteiger partial charge in [0.25, 0.3) is 5.91 Å². The number of rotatable bonds is 6. The van der Waals surface area contributed by atoms with E-state index in [1.807, 2.05) is 80.7 Å². The van der Waals surface area contributed by atoms with Crippen LogP contribution < -0.4 is 10.1 Å². The topological polar surface area (TPSA) is 94.1 Å². The Kier molecular flexibility index (Phi) is 6.94. The molecule has 41 heavy (non-hydrogen) atoms. The first kappa shape index (κ1) is 25.9. The second-order valence-corrected chi connectivity index (χ2v) is 9.73. The molecule has 0 unspecified atom stereocenters. The third kappa shape index (κ3) is 5.39. The van der Waals surface area contributed by atoms with E-state index in [-0.39, 0.29) is 12.7 Å². The fraction of sp³-hybridized carbons (Fsp3) is 0.121. The molecule has 0 radical (unpaired) electrons. The standard InChI is InChI=1S/C33H27N5O3/c1-21-4-6-25(15-24(21)7-5-22-14-26-18-35-37-32(26)34-17-22)33(39)36-27-10-13-29-30(19-38(2)31(29)16-27)23-8-11-28(12-9-23)41-20-40-3/h4,6,8-19H,20H2,1-3H3,(H,36,39)(H,34,35,37). The minimum absolute atomic E-state index is 0.199. The molecule has 2 N–H and O–H groups in total. The molecule has 0 aliphatic carbocycles. The number of benzene rings is 3. The number of anilines is 1. The molecule has 3 heterocycles. The molecule has 0 aliphatic heterocycles. The van der Waals surface area contributed by atoms with Crippen molar-refractivity contribution < 1.29 is 14.3 Å². The van der Waals surface area contributed by atoms with E-state index in [0.29, 0.717) is 11.3 Å². The number of H-pyrrole nitrogens is 1. The second-order valence-electron chi connectivity index (χ2n) is 9.73. The minimum Gasteiger partial charge on any atom is -0.468 e. The maximum absolute atomic E-state index is 13.2. The average Bonchev–Trinajstić information content (AvgIpc) is 3.59. The van der Waals surface area contributed by atoms with E-state index in [1.165, 1.54) is 0 Å². The maximum Gasteiger partial charge on any atom is 0.255 e. The lowest BCUT2D eigenvalue weighted by atomic mass is 10.0. The van der Waals surface area contributed by atoms with E-state index in [0.717, 1.165) is 55.5 Å². The molecule has 3 aromatic heterocycles. The Morgan fingerprint density at radius 1 is 1.02 bits per heavy atom. The third-order valence-corrected chi connectivity index (χ3v) is 6.89. The fourth-order valence-electron chi connectivity index (χ4n) is 4.70. The van der Waals surface area contributed by atoms with Crippen molar-refractivity contribution in [3.63, 3.8) is 0 Å². The zero-order valence-electron chi connectivity index (χ0n) is 22.9. The van der Waals surface area contributed by atoms with Gasteiger partial charge in [-0.1, -0.05) is 36.1 Å². The summed E-state index contributed by atoms with van der Waals surface area (Å²) in [5, 5.41) is 11.9. The van der Waals surface area contributed by atoms with Gasteiger partial charge in [0.1, 0.15) is 5.75 Å². The number of amides is 1. The van der Waals surface area contributed by atoms with Crippen LogP contribution in [0.3, 0.4) is 0 Å². The van der Waals surface area contributed by atoms with Gasteiger partial charge < -0.3 is 19.4 Å². The highest BCUT2D eigenvalue weighted by Gasteiger charge is 2.13. The number of nitrogens with zero attached hydrogens (tertiary/aromatic N) is 3. The number of aromatic nitrogens is 4. The normalized spacial score (nSPS) is 10.9. The first-order valence-electron chi connectivity index (χ1n) is 13.0. The largest absolute Gasteiger partial charge is 0.468 e. The zero-order valence-corrected chi connectivity index (χ0v) is 22.9. The van der Waals surface area contributed by atoms with Crippen LogP contribution in [0.1, 0.15) is 27.0 Å². The van der Waals surface area contributed by atoms with Crippen molar-refractivity contribution in [3.05, 3.63) is 108 Å². The summed E-state index contributed by atoms with van der Waals surface area (Å²) in [4.78, 5) is 17.5. The summed E-state index contributed by atoms with van der Waals surface area (Å²) in [6, 6.07) is 21.3. The highest BCUT2D eigenvalue weighted by Crippen LogP contribution is 2.33. The van der Waals surface area contributed by atoms with Crippen LogP contribution in [0.5, 0.6) is 5.75 Å². The predicted molar refractivity (Wildman–Crippen MR) is 160 cm³/mol. The Morgan fingerprint density at radius 2 is 1.88 bits per heavy atom. The SMILES string of the molecule is COCOc1ccc(-c2cn(C)c3cc(NC(=O)c4ccc(C)c(C#Cc5cnc6[nH]ncc6c5)c4)ccc23)cc1. The predicted octanol–water partition coefficient (Wildman–Crippen LogP) is 6.06. The fourth-order valence-corrected chi connectivity index (χ4v) is 4.70. The number of ether oxygens (including phenoxy) is 2. The number of hydrogen-bond acceptors (Lipinski definition) is 5. The number of carbonyl (C=O) groups is 1. The molecule has 6 rings (SSSR count). The van der Waals surface area contributed by atoms with Gasteiger partial charge in [-0.2, -0.15) is 5.10 Å². The van der Waals surface area contributed by atoms with Crippen LogP contribution in [0, 0.1) is 18.8 Å². The molecule has 0 fully saturated rings. The van der Waals surface area contributed by atoms with Crippen LogP contribution in [-0.2, 0) is 11.8 Å². The Morgan fingerprint density at radius 3 is 2.71 bits per heavy atom. The molecule has 0 atom stereocenters. The van der Waals surface area contributed by atoms with E-state index in [2.05, 4.69) is 43.1 Å². The molecular formula is C33H27N5O3. The Bertz CT molecular complexity index is 1960. The molecule has 1 amide bonds. The maximum atomic E-state index is 13.2. The second kappa shape index (κ2) is 11.0. The monoisotopic (exact) mass is 541 g/mol. The van der Waals surface area contributed by atoms with E-state index >= 15 is 0 Å². The van der Waals surface area contributed by atoms with Gasteiger partial charge in [0, 0.05) is 65.3 Å². The number of hydrogen-bond donors (Lipinski definition) is 2. The molecule has 8 nitrogen and oxygen atoms in total. The van der Waals surface area contributed by atoms with Crippen LogP contribution in [0.15, 0.2) is 85.3 Å². The smallest absolute Gasteiger partial charge is 0.255 e. The van der Waals surface area contributed by atoms with Crippen molar-refractivity contribution in [1.29, 1.82) is 0 Å². The number of fused-ring (bicyclic) bond motifs is 2. The number of aromatic amines is 1. The van der Waals surface area contributed by atoms with Crippen LogP contribution in [0.25, 0.3) is 33.1 Å². The van der Waals surface area contributed by atoms with E-state index in [9.17, 15) is 4.79 Å². The summed E-state index contributed by atoms with van der Waals surface area (Å²) in [5.41, 5.74) is 7.70. The Labute approximate surface area is 236 Å². The van der Waals surface area contributed by atoms with E-state index in [4.69, 9.17) is 9.47 Å². The number of aryl methyl sites for hydroxylation is 2. The van der Waals surface area contributed by atoms with Crippen LogP contribution in [0.4, 0.5) is 5.69 Å². The number of methoxy groups -OCH3 is 1. The van der Waals surface area contributed by atoms with Crippen LogP contribution in [0.2, 0.25) is 0 Å². The number of nitrogens with one attached hydrogen (secondary N) is 2. The molecule has 3 aromatic carbocycles. The van der Waals surface area contributed by atoms with Gasteiger partial charge in [0.05, 0.1) is 11.7 Å². The molecule has 0 saturated heterocycles. The van der Waals surface area contributed by atoms with E-state index in [1.54, 1.807) is 19.5 Å². The summed E-state index contributed by atoms with van der Waals surface area (Å²) in [6.07, 6.45) is 5.51. The lowest BCUT2D eigenvalue weighted by Crippen LogP contribution is -2.12. The van der Waals surface area contributed by atoms with Gasteiger partial charge >= 0.3 is 0 Å². The van der Waals surface area contributed by atoms with Gasteiger partial charge in [-0.15, -0.1) is 0 Å². The first-order valence-corrected chi connectivity index (χ1v) is 13.0. The Hall–Kier alpha value is -5.39. The van der Waals surface area contributed by atoms with Crippen LogP contribution in [-0.4, -0.2) is 39.6 Å². The number of pyridine rings is 1. The Balaban J connectivity index is 1.22. The lowest BCUT2D eigenvalue weighted by Gasteiger charge is -2.08. The van der Waals surface area contributed by atoms with Gasteiger partial charge in [0.2, 0.25) is 0 Å². The van der Waals surface area contributed by atoms with Gasteiger partial charge in [-0.05, 0) is 60.5 Å². The molecule has 0 spiro atoms. The molecule has 0 saturated carbocycles. The van der Waals surface area contributed by atoms with Gasteiger partial charge in [-0.3, -0.25) is 9.89 Å². The van der Waals surface area contributed by atoms with Crippen molar-refractivity contribution in [2.24, 2.45) is 7.05 Å². The third-order valence-electron chi connectivity index (χ3n) is 6.89. The van der Waals surface area contributed by atoms with Crippen molar-refractivity contribution in [2.45, 2.75) is 6.92 Å². The first-order chi connectivity index (χ1) is 20.0. The number of carbonyl (C=O) groups excluding carboxylic acids is 1. The quantitative estimate of drug-likeness (QED) is 0.198. The molecule has 202 valence electrons. The molecule has 8 heteroatoms. The summed E-state index contributed by atoms with van der Waals surface area (Å²) >= 11 is 0. The van der Waals surface area contributed by atoms with Crippen LogP contribution >= 0.6 is 0 Å². The van der Waals surface area contributed by atoms with Gasteiger partial charge in [0.15, 0.2) is 12.4 Å². The van der Waals surface area contributed by atoms with Crippen molar-refractivity contribution in [1.82, 2.24) is 19.7 Å². The molecule has 6 aromatic rings. The van der Waals surface area contributed by atoms with Gasteiger partial charge in [-0.25, -0.2) is 4.98 Å². The van der Waals surface area contributed by atoms with Crippen molar-refractivity contribution in [3.8, 4) is 28.7 Å². The minimum atomic E-state index is -0.199. The summed E-state index contributed by atoms with van der Waals surface area (Å²) < 4.78 is 12.5. The highest BCUT2D eigenvalue weighted by molar-refractivity contribution is 6.06. The van der Waals surface area contributed by atoms with Crippen molar-refractivity contribution in [2.75, 3.05) is 19.2 Å². The highest BCUT2D eigenvalue weighted by atomic mass is 16.7. The molecular weight excluding hydrogens is 514 g/mol. The molecule has 0 aliphatic rings.